The lowest BCUT2D eigenvalue weighted by molar-refractivity contribution is -0.121. The zero-order valence-electron chi connectivity index (χ0n) is 16.4. The summed E-state index contributed by atoms with van der Waals surface area (Å²) in [5, 5.41) is 12.1. The molecular weight excluding hydrogens is 358 g/mol. The van der Waals surface area contributed by atoms with Crippen molar-refractivity contribution in [3.63, 3.8) is 0 Å². The van der Waals surface area contributed by atoms with E-state index in [1.807, 2.05) is 44.2 Å². The summed E-state index contributed by atoms with van der Waals surface area (Å²) in [4.78, 5) is 25.1. The maximum absolute atomic E-state index is 12.9. The van der Waals surface area contributed by atoms with Crippen LogP contribution < -0.4 is 10.9 Å². The van der Waals surface area contributed by atoms with E-state index in [9.17, 15) is 9.59 Å². The average molecular weight is 383 g/mol. The van der Waals surface area contributed by atoms with Crippen molar-refractivity contribution < 1.29 is 9.53 Å². The van der Waals surface area contributed by atoms with Crippen LogP contribution in [0.4, 0.5) is 0 Å². The molecule has 3 aromatic rings. The summed E-state index contributed by atoms with van der Waals surface area (Å²) in [5.74, 6) is -0.252. The van der Waals surface area contributed by atoms with Gasteiger partial charge in [0.1, 0.15) is 12.1 Å². The van der Waals surface area contributed by atoms with Gasteiger partial charge in [-0.1, -0.05) is 18.2 Å². The lowest BCUT2D eigenvalue weighted by atomic mass is 10.2. The summed E-state index contributed by atoms with van der Waals surface area (Å²) < 4.78 is 8.18. The van der Waals surface area contributed by atoms with Crippen LogP contribution in [0.2, 0.25) is 0 Å². The minimum absolute atomic E-state index is 0.125. The van der Waals surface area contributed by atoms with Crippen molar-refractivity contribution in [1.82, 2.24) is 24.9 Å². The molecule has 148 valence electrons. The van der Waals surface area contributed by atoms with Crippen molar-refractivity contribution >= 4 is 16.8 Å². The van der Waals surface area contributed by atoms with Gasteiger partial charge in [-0.2, -0.15) is 10.2 Å². The maximum Gasteiger partial charge on any atom is 0.278 e. The molecule has 2 aromatic heterocycles. The van der Waals surface area contributed by atoms with Crippen molar-refractivity contribution in [3.8, 4) is 5.69 Å². The lowest BCUT2D eigenvalue weighted by Gasteiger charge is -2.08. The molecule has 0 spiro atoms. The van der Waals surface area contributed by atoms with E-state index in [2.05, 4.69) is 15.5 Å². The molecule has 2 heterocycles. The first-order chi connectivity index (χ1) is 13.5. The number of aromatic nitrogens is 4. The molecule has 1 N–H and O–H groups in total. The molecule has 0 aliphatic heterocycles. The highest BCUT2D eigenvalue weighted by atomic mass is 16.5. The number of fused-ring (bicyclic) bond motifs is 1. The third-order valence-corrected chi connectivity index (χ3v) is 4.46. The smallest absolute Gasteiger partial charge is 0.278 e. The molecule has 1 aromatic carbocycles. The number of benzene rings is 1. The largest absolute Gasteiger partial charge is 0.382 e. The number of carbonyl (C=O) groups excluding carboxylic acids is 1. The molecule has 8 nitrogen and oxygen atoms in total. The highest BCUT2D eigenvalue weighted by molar-refractivity contribution is 5.83. The zero-order valence-corrected chi connectivity index (χ0v) is 16.4. The maximum atomic E-state index is 12.9. The van der Waals surface area contributed by atoms with Gasteiger partial charge in [-0.05, 0) is 39.3 Å². The van der Waals surface area contributed by atoms with Gasteiger partial charge in [-0.15, -0.1) is 0 Å². The minimum atomic E-state index is -0.315. The Morgan fingerprint density at radius 2 is 1.93 bits per heavy atom. The third kappa shape index (κ3) is 4.12. The van der Waals surface area contributed by atoms with E-state index >= 15 is 0 Å². The van der Waals surface area contributed by atoms with Crippen LogP contribution in [0.5, 0.6) is 0 Å². The van der Waals surface area contributed by atoms with Gasteiger partial charge in [-0.3, -0.25) is 9.59 Å². The van der Waals surface area contributed by atoms with Crippen molar-refractivity contribution in [1.29, 1.82) is 0 Å². The standard InChI is InChI=1S/C20H25N5O3/c1-4-28-12-8-11-21-17(26)13-24-20(27)18-15(3)25(16-9-6-5-7-10-16)23-19(18)14(2)22-24/h5-7,9-10H,4,8,11-13H2,1-3H3,(H,21,26). The van der Waals surface area contributed by atoms with Gasteiger partial charge in [0.25, 0.3) is 5.56 Å². The number of nitrogens with one attached hydrogen (secondary N) is 1. The molecule has 0 saturated heterocycles. The number of carbonyl (C=O) groups is 1. The van der Waals surface area contributed by atoms with Crippen LogP contribution >= 0.6 is 0 Å². The fraction of sp³-hybridized carbons (Fsp3) is 0.400. The van der Waals surface area contributed by atoms with Crippen molar-refractivity contribution in [3.05, 3.63) is 52.1 Å². The SMILES string of the molecule is CCOCCCNC(=O)Cn1nc(C)c2nn(-c3ccccc3)c(C)c2c1=O. The Labute approximate surface area is 163 Å². The highest BCUT2D eigenvalue weighted by Gasteiger charge is 2.18. The van der Waals surface area contributed by atoms with Gasteiger partial charge in [-0.25, -0.2) is 9.36 Å². The Hall–Kier alpha value is -3.00. The predicted molar refractivity (Wildman–Crippen MR) is 107 cm³/mol. The molecule has 0 fully saturated rings. The Kier molecular flexibility index (Phi) is 6.20. The quantitative estimate of drug-likeness (QED) is 0.599. The fourth-order valence-corrected chi connectivity index (χ4v) is 3.08. The number of ether oxygens (including phenoxy) is 1. The average Bonchev–Trinajstić information content (AvgIpc) is 3.04. The first kappa shape index (κ1) is 19.8. The number of hydrogen-bond donors (Lipinski definition) is 1. The first-order valence-corrected chi connectivity index (χ1v) is 9.39. The molecule has 28 heavy (non-hydrogen) atoms. The van der Waals surface area contributed by atoms with Crippen LogP contribution in [-0.2, 0) is 16.1 Å². The summed E-state index contributed by atoms with van der Waals surface area (Å²) in [7, 11) is 0. The van der Waals surface area contributed by atoms with Gasteiger partial charge in [0.15, 0.2) is 0 Å². The Balaban J connectivity index is 1.85. The summed E-state index contributed by atoms with van der Waals surface area (Å²) in [6.07, 6.45) is 0.725. The Morgan fingerprint density at radius 1 is 1.18 bits per heavy atom. The first-order valence-electron chi connectivity index (χ1n) is 9.39. The summed E-state index contributed by atoms with van der Waals surface area (Å²) in [6, 6.07) is 9.61. The van der Waals surface area contributed by atoms with Crippen LogP contribution in [0.15, 0.2) is 35.1 Å². The molecule has 0 saturated carbocycles. The molecule has 1 amide bonds. The number of aryl methyl sites for hydroxylation is 2. The second kappa shape index (κ2) is 8.79. The van der Waals surface area contributed by atoms with Crippen LogP contribution in [0.1, 0.15) is 24.7 Å². The zero-order chi connectivity index (χ0) is 20.1. The second-order valence-electron chi connectivity index (χ2n) is 6.51. The molecular formula is C20H25N5O3. The van der Waals surface area contributed by atoms with Gasteiger partial charge in [0.05, 0.1) is 22.5 Å². The fourth-order valence-electron chi connectivity index (χ4n) is 3.08. The molecule has 0 unspecified atom stereocenters. The van der Waals surface area contributed by atoms with E-state index in [0.29, 0.717) is 36.4 Å². The van der Waals surface area contributed by atoms with E-state index in [-0.39, 0.29) is 18.0 Å². The summed E-state index contributed by atoms with van der Waals surface area (Å²) in [5.41, 5.74) is 2.44. The summed E-state index contributed by atoms with van der Waals surface area (Å²) in [6.45, 7) is 7.19. The topological polar surface area (TPSA) is 91.0 Å². The molecule has 0 aliphatic carbocycles. The molecule has 0 radical (unpaired) electrons. The van der Waals surface area contributed by atoms with Gasteiger partial charge in [0.2, 0.25) is 5.91 Å². The number of hydrogen-bond acceptors (Lipinski definition) is 5. The molecule has 0 atom stereocenters. The van der Waals surface area contributed by atoms with E-state index < -0.39 is 0 Å². The van der Waals surface area contributed by atoms with Crippen LogP contribution in [-0.4, -0.2) is 45.2 Å². The molecule has 8 heteroatoms. The van der Waals surface area contributed by atoms with Crippen LogP contribution in [0.3, 0.4) is 0 Å². The van der Waals surface area contributed by atoms with Gasteiger partial charge >= 0.3 is 0 Å². The van der Waals surface area contributed by atoms with Crippen molar-refractivity contribution in [2.45, 2.75) is 33.7 Å². The van der Waals surface area contributed by atoms with Gasteiger partial charge < -0.3 is 10.1 Å². The normalized spacial score (nSPS) is 11.1. The number of rotatable bonds is 8. The van der Waals surface area contributed by atoms with Gasteiger partial charge in [0, 0.05) is 19.8 Å². The van der Waals surface area contributed by atoms with E-state index in [1.165, 1.54) is 4.68 Å². The third-order valence-electron chi connectivity index (χ3n) is 4.46. The van der Waals surface area contributed by atoms with Crippen LogP contribution in [0, 0.1) is 13.8 Å². The number of nitrogens with zero attached hydrogens (tertiary/aromatic N) is 4. The number of amides is 1. The van der Waals surface area contributed by atoms with Crippen LogP contribution in [0.25, 0.3) is 16.6 Å². The van der Waals surface area contributed by atoms with Crippen molar-refractivity contribution in [2.24, 2.45) is 0 Å². The monoisotopic (exact) mass is 383 g/mol. The minimum Gasteiger partial charge on any atom is -0.382 e. The van der Waals surface area contributed by atoms with Crippen molar-refractivity contribution in [2.75, 3.05) is 19.8 Å². The molecule has 3 rings (SSSR count). The molecule has 0 aliphatic rings. The van der Waals surface area contributed by atoms with E-state index in [4.69, 9.17) is 4.74 Å². The summed E-state index contributed by atoms with van der Waals surface area (Å²) >= 11 is 0. The highest BCUT2D eigenvalue weighted by Crippen LogP contribution is 2.19. The Bertz CT molecular complexity index is 1020. The van der Waals surface area contributed by atoms with E-state index in [1.54, 1.807) is 11.6 Å². The second-order valence-corrected chi connectivity index (χ2v) is 6.51. The number of para-hydroxylation sites is 1. The predicted octanol–water partition coefficient (Wildman–Crippen LogP) is 1.74. The molecule has 0 bridgehead atoms. The van der Waals surface area contributed by atoms with E-state index in [0.717, 1.165) is 17.8 Å². The lowest BCUT2D eigenvalue weighted by Crippen LogP contribution is -2.34. The Morgan fingerprint density at radius 3 is 2.64 bits per heavy atom.